The van der Waals surface area contributed by atoms with Crippen molar-refractivity contribution >= 4 is 83.2 Å². The fraction of sp³-hybridized carbons (Fsp3) is 0.0690. The molecule has 6 nitrogen and oxygen atoms in total. The molecule has 8 aromatic carbocycles. The normalized spacial score (nSPS) is 13.4. The van der Waals surface area contributed by atoms with Gasteiger partial charge < -0.3 is 30.0 Å². The third-order valence-corrected chi connectivity index (χ3v) is 12.5. The largest absolute Gasteiger partial charge is 1.00 e. The molecule has 0 fully saturated rings. The quantitative estimate of drug-likeness (QED) is 0.140. The van der Waals surface area contributed by atoms with Crippen molar-refractivity contribution in [2.45, 2.75) is 25.4 Å². The Labute approximate surface area is 424 Å². The third kappa shape index (κ3) is 9.57. The summed E-state index contributed by atoms with van der Waals surface area (Å²) in [6.07, 6.45) is 2.28. The van der Waals surface area contributed by atoms with Crippen LogP contribution in [0.25, 0.3) is 66.3 Å². The molecule has 1 unspecified atom stereocenters. The topological polar surface area (TPSA) is 86.0 Å². The van der Waals surface area contributed by atoms with Crippen molar-refractivity contribution in [3.8, 4) is 33.8 Å². The monoisotopic (exact) mass is 990 g/mol. The van der Waals surface area contributed by atoms with Crippen LogP contribution in [-0.4, -0.2) is 5.11 Å². The van der Waals surface area contributed by atoms with Gasteiger partial charge in [0.1, 0.15) is 22.5 Å². The van der Waals surface area contributed by atoms with Crippen LogP contribution in [0.3, 0.4) is 0 Å². The van der Waals surface area contributed by atoms with E-state index in [0.29, 0.717) is 61.1 Å². The Hall–Kier alpha value is -6.27. The van der Waals surface area contributed by atoms with E-state index < -0.39 is 5.60 Å². The van der Waals surface area contributed by atoms with E-state index in [1.54, 1.807) is 18.2 Å². The van der Waals surface area contributed by atoms with Gasteiger partial charge in [-0.05, 0) is 95.1 Å². The molecule has 1 aliphatic rings. The van der Waals surface area contributed by atoms with Gasteiger partial charge in [-0.15, -0.1) is 0 Å². The van der Waals surface area contributed by atoms with Crippen molar-refractivity contribution in [3.05, 3.63) is 243 Å². The number of hydrogen-bond donors (Lipinski definition) is 1. The molecule has 0 amide bonds. The molecule has 0 bridgehead atoms. The second-order valence-electron chi connectivity index (χ2n) is 15.6. The zero-order valence-corrected chi connectivity index (χ0v) is 40.3. The minimum absolute atomic E-state index is 0. The van der Waals surface area contributed by atoms with E-state index in [9.17, 15) is 9.90 Å². The van der Waals surface area contributed by atoms with Crippen LogP contribution in [-0.2, 0) is 5.60 Å². The maximum atomic E-state index is 12.5. The standard InChI is InChI=1S/C27H17ClO3.C15H8O3.C12H8BrCl.C4H9.Li/c28-18-14-15-21(20(16-18)17-8-2-1-3-9-17)27(29)22-11-5-7-13-24(22)30-25-19-10-4-6-12-23(19)31-26(25)27;16-13-9-5-1-3-7-11(9)17-14-10-6-2-4-8-12(10)18-15(13)14;13-12-7-6-10(14)8-11(12)9-4-2-1-3-5-9;1-3-4-2;/h1-16,29H;1-8H;1-8H;1,3-4H2,2H3;/q;;;-1;+1. The summed E-state index contributed by atoms with van der Waals surface area (Å²) in [5.41, 5.74) is 6.43. The van der Waals surface area contributed by atoms with Crippen molar-refractivity contribution < 1.29 is 42.0 Å². The number of ether oxygens (including phenoxy) is 1. The molecular formula is C58H42BrCl2LiO6. The van der Waals surface area contributed by atoms with Gasteiger partial charge in [0, 0.05) is 25.6 Å². The Bertz CT molecular complexity index is 3570. The molecule has 0 aliphatic carbocycles. The van der Waals surface area contributed by atoms with Crippen LogP contribution in [0.4, 0.5) is 0 Å². The zero-order chi connectivity index (χ0) is 46.5. The van der Waals surface area contributed by atoms with E-state index in [2.05, 4.69) is 41.9 Å². The van der Waals surface area contributed by atoms with E-state index in [1.807, 2.05) is 164 Å². The van der Waals surface area contributed by atoms with Crippen LogP contribution < -0.4 is 29.0 Å². The molecule has 1 aliphatic heterocycles. The minimum atomic E-state index is -1.56. The minimum Gasteiger partial charge on any atom is -0.453 e. The average Bonchev–Trinajstić information content (AvgIpc) is 3.95. The molecule has 1 atom stereocenters. The Balaban J connectivity index is 0.000000143. The first kappa shape index (κ1) is 48.2. The number of benzene rings is 8. The molecule has 4 heterocycles. The van der Waals surface area contributed by atoms with Crippen molar-refractivity contribution in [1.29, 1.82) is 0 Å². The summed E-state index contributed by atoms with van der Waals surface area (Å²) < 4.78 is 24.9. The van der Waals surface area contributed by atoms with Gasteiger partial charge in [0.25, 0.3) is 0 Å². The van der Waals surface area contributed by atoms with E-state index in [0.717, 1.165) is 43.4 Å². The van der Waals surface area contributed by atoms with Gasteiger partial charge in [-0.1, -0.05) is 174 Å². The van der Waals surface area contributed by atoms with Gasteiger partial charge in [-0.3, -0.25) is 4.79 Å². The van der Waals surface area contributed by atoms with Crippen LogP contribution >= 0.6 is 39.1 Å². The number of unbranched alkanes of at least 4 members (excludes halogenated alkanes) is 1. The summed E-state index contributed by atoms with van der Waals surface area (Å²) in [6.45, 7) is 5.72. The fourth-order valence-corrected chi connectivity index (χ4v) is 8.81. The number of fused-ring (bicyclic) bond motifs is 8. The number of halogens is 3. The Morgan fingerprint density at radius 1 is 0.559 bits per heavy atom. The molecule has 1 N–H and O–H groups in total. The van der Waals surface area contributed by atoms with Gasteiger partial charge in [0.15, 0.2) is 22.7 Å². The first-order valence-electron chi connectivity index (χ1n) is 21.7. The molecule has 0 spiro atoms. The second kappa shape index (κ2) is 21.4. The molecule has 3 aromatic heterocycles. The summed E-state index contributed by atoms with van der Waals surface area (Å²) in [6, 6.07) is 61.2. The number of rotatable bonds is 4. The second-order valence-corrected chi connectivity index (χ2v) is 17.4. The zero-order valence-electron chi connectivity index (χ0n) is 37.2. The summed E-state index contributed by atoms with van der Waals surface area (Å²) in [7, 11) is 0. The third-order valence-electron chi connectivity index (χ3n) is 11.3. The summed E-state index contributed by atoms with van der Waals surface area (Å²) in [5, 5.41) is 16.0. The number of hydrogen-bond acceptors (Lipinski definition) is 6. The summed E-state index contributed by atoms with van der Waals surface area (Å²) in [5.74, 6) is 1.50. The summed E-state index contributed by atoms with van der Waals surface area (Å²) in [4.78, 5) is 12.3. The van der Waals surface area contributed by atoms with Gasteiger partial charge in [-0.25, -0.2) is 0 Å². The molecule has 0 radical (unpaired) electrons. The van der Waals surface area contributed by atoms with Gasteiger partial charge in [-0.2, -0.15) is 6.42 Å². The maximum Gasteiger partial charge on any atom is 1.00 e. The summed E-state index contributed by atoms with van der Waals surface area (Å²) >= 11 is 15.8. The van der Waals surface area contributed by atoms with Gasteiger partial charge >= 0.3 is 18.9 Å². The smallest absolute Gasteiger partial charge is 0.453 e. The molecule has 0 saturated heterocycles. The molecule has 12 rings (SSSR count). The van der Waals surface area contributed by atoms with Gasteiger partial charge in [0.05, 0.1) is 16.2 Å². The molecule has 0 saturated carbocycles. The van der Waals surface area contributed by atoms with Crippen molar-refractivity contribution in [2.24, 2.45) is 0 Å². The molecule has 332 valence electrons. The van der Waals surface area contributed by atoms with Crippen molar-refractivity contribution in [1.82, 2.24) is 0 Å². The Kier molecular flexibility index (Phi) is 15.1. The van der Waals surface area contributed by atoms with Crippen molar-refractivity contribution in [3.63, 3.8) is 0 Å². The Morgan fingerprint density at radius 2 is 1.04 bits per heavy atom. The maximum absolute atomic E-state index is 12.5. The molecular weight excluding hydrogens is 950 g/mol. The van der Waals surface area contributed by atoms with Crippen LogP contribution in [0, 0.1) is 6.92 Å². The first-order valence-corrected chi connectivity index (χ1v) is 23.2. The molecule has 68 heavy (non-hydrogen) atoms. The molecule has 11 aromatic rings. The van der Waals surface area contributed by atoms with E-state index >= 15 is 0 Å². The van der Waals surface area contributed by atoms with Crippen LogP contribution in [0.5, 0.6) is 11.5 Å². The van der Waals surface area contributed by atoms with Crippen LogP contribution in [0.1, 0.15) is 36.7 Å². The predicted octanol–water partition coefficient (Wildman–Crippen LogP) is 14.2. The van der Waals surface area contributed by atoms with Crippen molar-refractivity contribution in [2.75, 3.05) is 0 Å². The van der Waals surface area contributed by atoms with Crippen LogP contribution in [0.2, 0.25) is 10.0 Å². The Morgan fingerprint density at radius 3 is 1.69 bits per heavy atom. The average molecular weight is 993 g/mol. The van der Waals surface area contributed by atoms with Gasteiger partial charge in [0.2, 0.25) is 11.0 Å². The van der Waals surface area contributed by atoms with Crippen LogP contribution in [0.15, 0.2) is 217 Å². The van der Waals surface area contributed by atoms with E-state index in [1.165, 1.54) is 12.0 Å². The number of furan rings is 2. The van der Waals surface area contributed by atoms with E-state index in [4.69, 9.17) is 41.2 Å². The predicted molar refractivity (Wildman–Crippen MR) is 276 cm³/mol. The first-order chi connectivity index (χ1) is 32.7. The number of aliphatic hydroxyl groups is 1. The molecule has 10 heteroatoms. The fourth-order valence-electron chi connectivity index (χ4n) is 7.99. The van der Waals surface area contributed by atoms with E-state index in [-0.39, 0.29) is 29.9 Å². The number of para-hydroxylation sites is 4. The SMILES string of the molecule is Clc1ccc(Br)c(-c2ccccc2)c1.O=c1c2ccccc2oc2c1oc1ccccc12.OC1(c2ccc(Cl)cc2-c2ccccc2)c2ccccc2Oc2c1oc1ccccc21.[CH2-]CCC.[Li+].